The maximum absolute atomic E-state index is 12.8. The first-order chi connectivity index (χ1) is 12.6. The Morgan fingerprint density at radius 2 is 2.08 bits per heavy atom. The monoisotopic (exact) mass is 380 g/mol. The Bertz CT molecular complexity index is 588. The minimum absolute atomic E-state index is 0.0844. The average Bonchev–Trinajstić information content (AvgIpc) is 3.06. The van der Waals surface area contributed by atoms with E-state index in [0.717, 1.165) is 48.3 Å². The van der Waals surface area contributed by atoms with Gasteiger partial charge < -0.3 is 15.3 Å². The summed E-state index contributed by atoms with van der Waals surface area (Å²) in [6.45, 7) is 4.56. The van der Waals surface area contributed by atoms with Crippen molar-refractivity contribution in [3.63, 3.8) is 0 Å². The third-order valence-electron chi connectivity index (χ3n) is 5.74. The van der Waals surface area contributed by atoms with Gasteiger partial charge in [0.2, 0.25) is 0 Å². The van der Waals surface area contributed by atoms with E-state index >= 15 is 0 Å². The quantitative estimate of drug-likeness (QED) is 0.677. The van der Waals surface area contributed by atoms with E-state index in [1.807, 2.05) is 11.8 Å². The highest BCUT2D eigenvalue weighted by Gasteiger charge is 2.41. The Kier molecular flexibility index (Phi) is 7.00. The lowest BCUT2D eigenvalue weighted by molar-refractivity contribution is -0.156. The Labute approximate surface area is 160 Å². The fourth-order valence-electron chi connectivity index (χ4n) is 4.19. The molecule has 0 spiro atoms. The van der Waals surface area contributed by atoms with Crippen LogP contribution in [0.1, 0.15) is 61.4 Å². The number of amides is 1. The van der Waals surface area contributed by atoms with Crippen LogP contribution in [-0.4, -0.2) is 57.9 Å². The van der Waals surface area contributed by atoms with Crippen LogP contribution in [0.4, 0.5) is 0 Å². The van der Waals surface area contributed by atoms with Gasteiger partial charge in [-0.05, 0) is 32.1 Å². The molecular weight excluding hydrogens is 348 g/mol. The summed E-state index contributed by atoms with van der Waals surface area (Å²) in [5, 5.41) is 24.2. The van der Waals surface area contributed by atoms with Crippen LogP contribution >= 0.6 is 11.3 Å². The summed E-state index contributed by atoms with van der Waals surface area (Å²) in [5.74, 6) is 0.680. The summed E-state index contributed by atoms with van der Waals surface area (Å²) in [6, 6.07) is 0. The highest BCUT2D eigenvalue weighted by atomic mass is 32.1. The predicted molar refractivity (Wildman–Crippen MR) is 103 cm³/mol. The molecule has 0 aromatic carbocycles. The predicted octanol–water partition coefficient (Wildman–Crippen LogP) is 2.30. The summed E-state index contributed by atoms with van der Waals surface area (Å²) in [7, 11) is 0. The van der Waals surface area contributed by atoms with Gasteiger partial charge >= 0.3 is 0 Å². The van der Waals surface area contributed by atoms with Crippen LogP contribution in [0.3, 0.4) is 0 Å². The normalized spacial score (nSPS) is 25.0. The summed E-state index contributed by atoms with van der Waals surface area (Å²) in [5.41, 5.74) is -1.25. The van der Waals surface area contributed by atoms with Crippen molar-refractivity contribution in [2.75, 3.05) is 26.2 Å². The van der Waals surface area contributed by atoms with Gasteiger partial charge in [-0.2, -0.15) is 0 Å². The third kappa shape index (κ3) is 5.24. The molecule has 1 aliphatic heterocycles. The molecule has 1 aromatic heterocycles. The van der Waals surface area contributed by atoms with Crippen molar-refractivity contribution in [1.29, 1.82) is 0 Å². The van der Waals surface area contributed by atoms with Crippen molar-refractivity contribution in [3.8, 4) is 0 Å². The maximum atomic E-state index is 12.8. The zero-order chi connectivity index (χ0) is 18.4. The molecule has 3 rings (SSSR count). The number of hydrogen-bond donors (Lipinski definition) is 2. The molecule has 1 atom stereocenters. The fraction of sp³-hybridized carbons (Fsp3) is 0.842. The van der Waals surface area contributed by atoms with Gasteiger partial charge in [0.25, 0.3) is 5.91 Å². The Balaban J connectivity index is 1.42. The van der Waals surface area contributed by atoms with Crippen LogP contribution in [0.5, 0.6) is 0 Å². The largest absolute Gasteiger partial charge is 0.379 e. The van der Waals surface area contributed by atoms with Crippen LogP contribution in [0, 0.1) is 12.8 Å². The lowest BCUT2D eigenvalue weighted by atomic mass is 9.86. The van der Waals surface area contributed by atoms with Gasteiger partial charge in [-0.25, -0.2) is 0 Å². The molecular formula is C19H32N4O2S. The van der Waals surface area contributed by atoms with Gasteiger partial charge in [-0.1, -0.05) is 32.1 Å². The summed E-state index contributed by atoms with van der Waals surface area (Å²) >= 11 is 1.59. The van der Waals surface area contributed by atoms with Crippen molar-refractivity contribution in [2.45, 2.75) is 70.3 Å². The SMILES string of the molecule is Cc1nnc(CCNC[C@]2(O)CCCN(CCC3CCCCC3)C2=O)s1. The van der Waals surface area contributed by atoms with Gasteiger partial charge in [-0.15, -0.1) is 21.5 Å². The number of piperidine rings is 1. The van der Waals surface area contributed by atoms with Crippen molar-refractivity contribution in [1.82, 2.24) is 20.4 Å². The van der Waals surface area contributed by atoms with Crippen LogP contribution in [0.25, 0.3) is 0 Å². The number of aromatic nitrogens is 2. The number of nitrogens with zero attached hydrogens (tertiary/aromatic N) is 3. The molecule has 146 valence electrons. The van der Waals surface area contributed by atoms with E-state index in [-0.39, 0.29) is 5.91 Å². The molecule has 1 amide bonds. The summed E-state index contributed by atoms with van der Waals surface area (Å²) in [4.78, 5) is 14.7. The Hall–Kier alpha value is -1.05. The van der Waals surface area contributed by atoms with Crippen molar-refractivity contribution in [3.05, 3.63) is 10.0 Å². The number of rotatable bonds is 8. The first-order valence-electron chi connectivity index (χ1n) is 10.1. The second-order valence-electron chi connectivity index (χ2n) is 7.86. The minimum Gasteiger partial charge on any atom is -0.379 e. The number of carbonyl (C=O) groups is 1. The molecule has 6 nitrogen and oxygen atoms in total. The van der Waals surface area contributed by atoms with E-state index < -0.39 is 5.60 Å². The van der Waals surface area contributed by atoms with Gasteiger partial charge in [0, 0.05) is 32.6 Å². The fourth-order valence-corrected chi connectivity index (χ4v) is 4.89. The Morgan fingerprint density at radius 1 is 1.27 bits per heavy atom. The van der Waals surface area contributed by atoms with E-state index in [2.05, 4.69) is 15.5 Å². The van der Waals surface area contributed by atoms with Crippen LogP contribution in [0.2, 0.25) is 0 Å². The molecule has 1 saturated heterocycles. The minimum atomic E-state index is -1.25. The smallest absolute Gasteiger partial charge is 0.255 e. The average molecular weight is 381 g/mol. The first kappa shape index (κ1) is 19.7. The molecule has 2 aliphatic rings. The maximum Gasteiger partial charge on any atom is 0.255 e. The molecule has 1 aliphatic carbocycles. The number of nitrogens with one attached hydrogen (secondary N) is 1. The van der Waals surface area contributed by atoms with E-state index in [1.54, 1.807) is 11.3 Å². The molecule has 2 fully saturated rings. The van der Waals surface area contributed by atoms with Crippen molar-refractivity contribution in [2.24, 2.45) is 5.92 Å². The Morgan fingerprint density at radius 3 is 2.81 bits per heavy atom. The van der Waals surface area contributed by atoms with Crippen LogP contribution < -0.4 is 5.32 Å². The third-order valence-corrected chi connectivity index (χ3v) is 6.64. The van der Waals surface area contributed by atoms with E-state index in [1.165, 1.54) is 32.1 Å². The molecule has 1 saturated carbocycles. The molecule has 1 aromatic rings. The molecule has 2 heterocycles. The van der Waals surface area contributed by atoms with Gasteiger partial charge in [-0.3, -0.25) is 4.79 Å². The molecule has 0 radical (unpaired) electrons. The van der Waals surface area contributed by atoms with Gasteiger partial charge in [0.1, 0.15) is 10.0 Å². The summed E-state index contributed by atoms with van der Waals surface area (Å²) < 4.78 is 0. The highest BCUT2D eigenvalue weighted by molar-refractivity contribution is 7.11. The van der Waals surface area contributed by atoms with E-state index in [0.29, 0.717) is 19.5 Å². The van der Waals surface area contributed by atoms with E-state index in [4.69, 9.17) is 0 Å². The number of likely N-dealkylation sites (tertiary alicyclic amines) is 1. The molecule has 2 N–H and O–H groups in total. The van der Waals surface area contributed by atoms with Crippen LogP contribution in [-0.2, 0) is 11.2 Å². The number of aliphatic hydroxyl groups is 1. The topological polar surface area (TPSA) is 78.4 Å². The first-order valence-corrected chi connectivity index (χ1v) is 10.9. The lowest BCUT2D eigenvalue weighted by Gasteiger charge is -2.39. The number of carbonyl (C=O) groups excluding carboxylic acids is 1. The second-order valence-corrected chi connectivity index (χ2v) is 9.13. The lowest BCUT2D eigenvalue weighted by Crippen LogP contribution is -2.58. The molecule has 0 bridgehead atoms. The van der Waals surface area contributed by atoms with Gasteiger partial charge in [0.05, 0.1) is 0 Å². The number of hydrogen-bond acceptors (Lipinski definition) is 6. The summed E-state index contributed by atoms with van der Waals surface area (Å²) in [6.07, 6.45) is 9.94. The van der Waals surface area contributed by atoms with Crippen molar-refractivity contribution < 1.29 is 9.90 Å². The zero-order valence-electron chi connectivity index (χ0n) is 15.9. The number of aryl methyl sites for hydroxylation is 1. The highest BCUT2D eigenvalue weighted by Crippen LogP contribution is 2.28. The van der Waals surface area contributed by atoms with Gasteiger partial charge in [0.15, 0.2) is 5.60 Å². The van der Waals surface area contributed by atoms with E-state index in [9.17, 15) is 9.90 Å². The molecule has 0 unspecified atom stereocenters. The van der Waals surface area contributed by atoms with Crippen molar-refractivity contribution >= 4 is 17.2 Å². The standard InChI is InChI=1S/C19H32N4O2S/c1-15-21-22-17(26-15)8-11-20-14-19(25)10-5-12-23(18(19)24)13-9-16-6-3-2-4-7-16/h16,20,25H,2-14H2,1H3/t19-/m1/s1. The molecule has 7 heteroatoms. The zero-order valence-corrected chi connectivity index (χ0v) is 16.7. The molecule has 26 heavy (non-hydrogen) atoms. The second kappa shape index (κ2) is 9.24. The van der Waals surface area contributed by atoms with Crippen LogP contribution in [0.15, 0.2) is 0 Å².